The van der Waals surface area contributed by atoms with Crippen molar-refractivity contribution in [3.63, 3.8) is 0 Å². The first kappa shape index (κ1) is 19.0. The van der Waals surface area contributed by atoms with E-state index in [4.69, 9.17) is 5.10 Å². The lowest BCUT2D eigenvalue weighted by Gasteiger charge is -2.32. The fraction of sp³-hybridized carbons (Fsp3) is 0.609. The van der Waals surface area contributed by atoms with E-state index in [1.807, 2.05) is 0 Å². The average Bonchev–Trinajstić information content (AvgIpc) is 3.12. The summed E-state index contributed by atoms with van der Waals surface area (Å²) in [6.07, 6.45) is 9.60. The molecule has 1 heterocycles. The van der Waals surface area contributed by atoms with Crippen molar-refractivity contribution < 1.29 is 9.90 Å². The minimum absolute atomic E-state index is 0.324. The second-order valence-electron chi connectivity index (χ2n) is 8.59. The van der Waals surface area contributed by atoms with Crippen LogP contribution in [0.15, 0.2) is 18.2 Å². The summed E-state index contributed by atoms with van der Waals surface area (Å²) >= 11 is 0. The van der Waals surface area contributed by atoms with Gasteiger partial charge >= 0.3 is 5.97 Å². The normalized spacial score (nSPS) is 26.2. The van der Waals surface area contributed by atoms with Gasteiger partial charge in [-0.15, -0.1) is 0 Å². The highest BCUT2D eigenvalue weighted by Gasteiger charge is 2.42. The summed E-state index contributed by atoms with van der Waals surface area (Å²) in [4.78, 5) is 11.5. The van der Waals surface area contributed by atoms with Crippen molar-refractivity contribution in [3.8, 4) is 6.07 Å². The molecule has 0 atom stereocenters. The number of carboxylic acids is 1. The first-order valence-electron chi connectivity index (χ1n) is 10.7. The molecule has 1 aromatic carbocycles. The molecule has 28 heavy (non-hydrogen) atoms. The molecule has 0 amide bonds. The highest BCUT2D eigenvalue weighted by Crippen LogP contribution is 2.44. The van der Waals surface area contributed by atoms with Crippen LogP contribution in [0.4, 0.5) is 0 Å². The van der Waals surface area contributed by atoms with Crippen molar-refractivity contribution >= 4 is 16.9 Å². The number of hydrogen-bond donors (Lipinski definition) is 1. The Morgan fingerprint density at radius 3 is 2.57 bits per heavy atom. The SMILES string of the molecule is CCc1nn(C2CCCCC2)c2cc(C3CCC(C#N)(C(=O)O)CC3)ccc12. The van der Waals surface area contributed by atoms with Crippen molar-refractivity contribution in [2.24, 2.45) is 5.41 Å². The Balaban J connectivity index is 1.64. The van der Waals surface area contributed by atoms with E-state index in [2.05, 4.69) is 35.9 Å². The van der Waals surface area contributed by atoms with Crippen LogP contribution in [0.3, 0.4) is 0 Å². The highest BCUT2D eigenvalue weighted by molar-refractivity contribution is 5.83. The molecule has 5 nitrogen and oxygen atoms in total. The Labute approximate surface area is 166 Å². The number of aliphatic carboxylic acids is 1. The minimum atomic E-state index is -1.19. The van der Waals surface area contributed by atoms with Crippen molar-refractivity contribution in [1.29, 1.82) is 5.26 Å². The van der Waals surface area contributed by atoms with Crippen molar-refractivity contribution in [3.05, 3.63) is 29.5 Å². The second kappa shape index (κ2) is 7.58. The van der Waals surface area contributed by atoms with Crippen LogP contribution >= 0.6 is 0 Å². The fourth-order valence-electron chi connectivity index (χ4n) is 5.16. The van der Waals surface area contributed by atoms with Gasteiger partial charge in [-0.25, -0.2) is 0 Å². The van der Waals surface area contributed by atoms with Crippen LogP contribution in [0, 0.1) is 16.7 Å². The summed E-state index contributed by atoms with van der Waals surface area (Å²) in [7, 11) is 0. The van der Waals surface area contributed by atoms with E-state index in [0.717, 1.165) is 19.3 Å². The van der Waals surface area contributed by atoms with Crippen molar-refractivity contribution in [2.75, 3.05) is 0 Å². The van der Waals surface area contributed by atoms with E-state index in [1.54, 1.807) is 0 Å². The van der Waals surface area contributed by atoms with Gasteiger partial charge in [0.1, 0.15) is 0 Å². The molecule has 0 aliphatic heterocycles. The van der Waals surface area contributed by atoms with E-state index in [0.29, 0.717) is 24.8 Å². The van der Waals surface area contributed by atoms with Gasteiger partial charge in [0.25, 0.3) is 0 Å². The zero-order chi connectivity index (χ0) is 19.7. The lowest BCUT2D eigenvalue weighted by atomic mass is 9.69. The standard InChI is InChI=1S/C23H29N3O2/c1-2-20-19-9-8-17(16-10-12-23(15-24,13-11-16)22(27)28)14-21(19)26(25-20)18-6-4-3-5-7-18/h8-9,14,16,18H,2-7,10-13H2,1H3,(H,27,28). The molecule has 2 aromatic rings. The molecule has 0 radical (unpaired) electrons. The molecule has 148 valence electrons. The second-order valence-corrected chi connectivity index (χ2v) is 8.59. The Morgan fingerprint density at radius 1 is 1.25 bits per heavy atom. The molecule has 1 N–H and O–H groups in total. The number of aromatic nitrogens is 2. The predicted octanol–water partition coefficient (Wildman–Crippen LogP) is 5.36. The monoisotopic (exact) mass is 379 g/mol. The highest BCUT2D eigenvalue weighted by atomic mass is 16.4. The smallest absolute Gasteiger partial charge is 0.324 e. The third-order valence-corrected chi connectivity index (χ3v) is 7.00. The molecule has 2 fully saturated rings. The predicted molar refractivity (Wildman–Crippen MR) is 108 cm³/mol. The quantitative estimate of drug-likeness (QED) is 0.776. The number of hydrogen-bond acceptors (Lipinski definition) is 3. The topological polar surface area (TPSA) is 78.9 Å². The van der Waals surface area contributed by atoms with Gasteiger partial charge in [0.15, 0.2) is 5.41 Å². The Morgan fingerprint density at radius 2 is 1.96 bits per heavy atom. The lowest BCUT2D eigenvalue weighted by molar-refractivity contribution is -0.147. The zero-order valence-electron chi connectivity index (χ0n) is 16.7. The van der Waals surface area contributed by atoms with Crippen LogP contribution in [0.5, 0.6) is 0 Å². The molecule has 0 bridgehead atoms. The van der Waals surface area contributed by atoms with Crippen LogP contribution in [-0.4, -0.2) is 20.9 Å². The number of benzene rings is 1. The van der Waals surface area contributed by atoms with Gasteiger partial charge in [0.05, 0.1) is 23.3 Å². The number of nitriles is 1. The Hall–Kier alpha value is -2.35. The van der Waals surface area contributed by atoms with Gasteiger partial charge in [-0.2, -0.15) is 10.4 Å². The molecular formula is C23H29N3O2. The van der Waals surface area contributed by atoms with Gasteiger partial charge in [-0.1, -0.05) is 38.3 Å². The summed E-state index contributed by atoms with van der Waals surface area (Å²) in [5.41, 5.74) is 2.48. The zero-order valence-corrected chi connectivity index (χ0v) is 16.7. The third-order valence-electron chi connectivity index (χ3n) is 7.00. The molecule has 0 spiro atoms. The molecular weight excluding hydrogens is 350 g/mol. The van der Waals surface area contributed by atoms with Crippen molar-refractivity contribution in [2.45, 2.75) is 83.1 Å². The number of carboxylic acid groups (broad SMARTS) is 1. The van der Waals surface area contributed by atoms with Gasteiger partial charge in [0.2, 0.25) is 0 Å². The molecule has 2 aliphatic carbocycles. The van der Waals surface area contributed by atoms with E-state index < -0.39 is 11.4 Å². The van der Waals surface area contributed by atoms with Crippen LogP contribution in [0.1, 0.15) is 87.9 Å². The molecule has 0 unspecified atom stereocenters. The first-order chi connectivity index (χ1) is 13.6. The summed E-state index contributed by atoms with van der Waals surface area (Å²) in [6.45, 7) is 2.16. The van der Waals surface area contributed by atoms with Crippen LogP contribution < -0.4 is 0 Å². The molecule has 4 rings (SSSR count). The van der Waals surface area contributed by atoms with Crippen molar-refractivity contribution in [1.82, 2.24) is 9.78 Å². The minimum Gasteiger partial charge on any atom is -0.480 e. The summed E-state index contributed by atoms with van der Waals surface area (Å²) in [5.74, 6) is -0.642. The average molecular weight is 380 g/mol. The largest absolute Gasteiger partial charge is 0.480 e. The molecule has 5 heteroatoms. The first-order valence-corrected chi connectivity index (χ1v) is 10.7. The van der Waals surface area contributed by atoms with E-state index in [1.165, 1.54) is 54.3 Å². The molecule has 2 aliphatic rings. The number of fused-ring (bicyclic) bond motifs is 1. The van der Waals surface area contributed by atoms with Gasteiger partial charge in [-0.3, -0.25) is 9.48 Å². The summed E-state index contributed by atoms with van der Waals surface area (Å²) in [6, 6.07) is 9.26. The summed E-state index contributed by atoms with van der Waals surface area (Å²) in [5, 5.41) is 25.1. The fourth-order valence-corrected chi connectivity index (χ4v) is 5.16. The van der Waals surface area contributed by atoms with E-state index >= 15 is 0 Å². The maximum Gasteiger partial charge on any atom is 0.324 e. The van der Waals surface area contributed by atoms with Crippen LogP contribution in [-0.2, 0) is 11.2 Å². The lowest BCUT2D eigenvalue weighted by Crippen LogP contribution is -2.33. The number of nitrogens with zero attached hydrogens (tertiary/aromatic N) is 3. The maximum atomic E-state index is 11.5. The van der Waals surface area contributed by atoms with Gasteiger partial charge in [0, 0.05) is 5.39 Å². The Kier molecular flexibility index (Phi) is 5.14. The molecule has 2 saturated carbocycles. The van der Waals surface area contributed by atoms with Gasteiger partial charge < -0.3 is 5.11 Å². The number of aryl methyl sites for hydroxylation is 1. The summed E-state index contributed by atoms with van der Waals surface area (Å²) < 4.78 is 2.27. The number of carbonyl (C=O) groups is 1. The number of rotatable bonds is 4. The maximum absolute atomic E-state index is 11.5. The van der Waals surface area contributed by atoms with Crippen LogP contribution in [0.25, 0.3) is 10.9 Å². The Bertz CT molecular complexity index is 910. The molecule has 0 saturated heterocycles. The molecule has 1 aromatic heterocycles. The van der Waals surface area contributed by atoms with E-state index in [9.17, 15) is 15.2 Å². The third kappa shape index (κ3) is 3.19. The van der Waals surface area contributed by atoms with Gasteiger partial charge in [-0.05, 0) is 62.5 Å². The van der Waals surface area contributed by atoms with E-state index in [-0.39, 0.29) is 0 Å². The van der Waals surface area contributed by atoms with Crippen LogP contribution in [0.2, 0.25) is 0 Å².